The third-order valence-electron chi connectivity index (χ3n) is 4.00. The number of amides is 1. The number of likely N-dealkylation sites (N-methyl/N-ethyl adjacent to an activating group) is 1. The van der Waals surface area contributed by atoms with Crippen molar-refractivity contribution in [2.24, 2.45) is 0 Å². The number of rotatable bonds is 7. The number of carbonyl (C=O) groups is 2. The van der Waals surface area contributed by atoms with Crippen LogP contribution in [0, 0.1) is 0 Å². The zero-order valence-corrected chi connectivity index (χ0v) is 16.9. The van der Waals surface area contributed by atoms with E-state index in [1.807, 2.05) is 0 Å². The van der Waals surface area contributed by atoms with Crippen LogP contribution in [0.5, 0.6) is 5.75 Å². The Morgan fingerprint density at radius 3 is 2.14 bits per heavy atom. The molecule has 0 N–H and O–H groups in total. The zero-order valence-electron chi connectivity index (χ0n) is 16.1. The predicted octanol–water partition coefficient (Wildman–Crippen LogP) is 1.77. The molecule has 150 valence electrons. The summed E-state index contributed by atoms with van der Waals surface area (Å²) in [5.41, 5.74) is 0.529. The van der Waals surface area contributed by atoms with Crippen LogP contribution in [0.1, 0.15) is 10.4 Å². The Kier molecular flexibility index (Phi) is 6.63. The number of nitrogens with zero attached hydrogens (tertiary/aromatic N) is 2. The fourth-order valence-corrected chi connectivity index (χ4v) is 3.49. The van der Waals surface area contributed by atoms with E-state index < -0.39 is 16.0 Å². The fourth-order valence-electron chi connectivity index (χ4n) is 2.28. The van der Waals surface area contributed by atoms with Crippen molar-refractivity contribution in [3.05, 3.63) is 54.1 Å². The van der Waals surface area contributed by atoms with Crippen LogP contribution < -0.4 is 9.04 Å². The lowest BCUT2D eigenvalue weighted by molar-refractivity contribution is -0.131. The first-order valence-corrected chi connectivity index (χ1v) is 9.71. The summed E-state index contributed by atoms with van der Waals surface area (Å²) in [6, 6.07) is 12.0. The SMILES string of the molecule is COc1ccccc1N(C)S(=O)(=O)c1ccc(C(=O)OCC(=O)N(C)C)cc1. The number of para-hydroxylation sites is 2. The quantitative estimate of drug-likeness (QED) is 0.651. The molecule has 0 fully saturated rings. The molecule has 0 spiro atoms. The van der Waals surface area contributed by atoms with Gasteiger partial charge in [-0.3, -0.25) is 9.10 Å². The van der Waals surface area contributed by atoms with Gasteiger partial charge in [0.15, 0.2) is 6.61 Å². The molecule has 0 saturated carbocycles. The third-order valence-corrected chi connectivity index (χ3v) is 5.78. The number of anilines is 1. The highest BCUT2D eigenvalue weighted by Gasteiger charge is 2.24. The Labute approximate surface area is 164 Å². The first-order chi connectivity index (χ1) is 13.2. The number of methoxy groups -OCH3 is 1. The molecule has 2 aromatic carbocycles. The Bertz CT molecular complexity index is 955. The smallest absolute Gasteiger partial charge is 0.338 e. The van der Waals surface area contributed by atoms with E-state index in [0.717, 1.165) is 4.31 Å². The second-order valence-electron chi connectivity index (χ2n) is 6.03. The summed E-state index contributed by atoms with van der Waals surface area (Å²) in [4.78, 5) is 24.8. The van der Waals surface area contributed by atoms with Gasteiger partial charge in [-0.15, -0.1) is 0 Å². The van der Waals surface area contributed by atoms with E-state index in [1.54, 1.807) is 38.4 Å². The highest BCUT2D eigenvalue weighted by atomic mass is 32.2. The van der Waals surface area contributed by atoms with Gasteiger partial charge in [0.05, 0.1) is 23.3 Å². The maximum Gasteiger partial charge on any atom is 0.338 e. The van der Waals surface area contributed by atoms with Gasteiger partial charge >= 0.3 is 5.97 Å². The summed E-state index contributed by atoms with van der Waals surface area (Å²) >= 11 is 0. The van der Waals surface area contributed by atoms with Gasteiger partial charge in [-0.25, -0.2) is 13.2 Å². The highest BCUT2D eigenvalue weighted by molar-refractivity contribution is 7.92. The van der Waals surface area contributed by atoms with E-state index in [-0.39, 0.29) is 23.0 Å². The average Bonchev–Trinajstić information content (AvgIpc) is 2.70. The minimum atomic E-state index is -3.86. The molecule has 0 heterocycles. The largest absolute Gasteiger partial charge is 0.495 e. The normalized spacial score (nSPS) is 10.9. The van der Waals surface area contributed by atoms with E-state index in [1.165, 1.54) is 43.3 Å². The Morgan fingerprint density at radius 2 is 1.57 bits per heavy atom. The van der Waals surface area contributed by atoms with E-state index in [2.05, 4.69) is 0 Å². The molecular weight excluding hydrogens is 384 g/mol. The van der Waals surface area contributed by atoms with Gasteiger partial charge in [0.25, 0.3) is 15.9 Å². The number of hydrogen-bond donors (Lipinski definition) is 0. The van der Waals surface area contributed by atoms with E-state index in [9.17, 15) is 18.0 Å². The van der Waals surface area contributed by atoms with Crippen molar-refractivity contribution in [3.63, 3.8) is 0 Å². The first-order valence-electron chi connectivity index (χ1n) is 8.27. The monoisotopic (exact) mass is 406 g/mol. The van der Waals surface area contributed by atoms with Crippen LogP contribution in [-0.2, 0) is 19.6 Å². The van der Waals surface area contributed by atoms with E-state index >= 15 is 0 Å². The predicted molar refractivity (Wildman–Crippen MR) is 104 cm³/mol. The molecule has 0 bridgehead atoms. The molecule has 2 rings (SSSR count). The van der Waals surface area contributed by atoms with Crippen molar-refractivity contribution in [3.8, 4) is 5.75 Å². The summed E-state index contributed by atoms with van der Waals surface area (Å²) in [5.74, 6) is -0.650. The number of ether oxygens (including phenoxy) is 2. The minimum Gasteiger partial charge on any atom is -0.495 e. The van der Waals surface area contributed by atoms with Crippen molar-refractivity contribution < 1.29 is 27.5 Å². The van der Waals surface area contributed by atoms with Crippen LogP contribution in [0.2, 0.25) is 0 Å². The van der Waals surface area contributed by atoms with Crippen LogP contribution in [0.4, 0.5) is 5.69 Å². The van der Waals surface area contributed by atoms with Gasteiger partial charge in [0.2, 0.25) is 0 Å². The molecular formula is C19H22N2O6S. The summed E-state index contributed by atoms with van der Waals surface area (Å²) in [5, 5.41) is 0. The van der Waals surface area contributed by atoms with Crippen molar-refractivity contribution in [1.82, 2.24) is 4.90 Å². The topological polar surface area (TPSA) is 93.2 Å². The van der Waals surface area contributed by atoms with E-state index in [0.29, 0.717) is 11.4 Å². The maximum absolute atomic E-state index is 12.9. The lowest BCUT2D eigenvalue weighted by Gasteiger charge is -2.21. The lowest BCUT2D eigenvalue weighted by atomic mass is 10.2. The number of carbonyl (C=O) groups excluding carboxylic acids is 2. The molecule has 0 radical (unpaired) electrons. The first kappa shape index (κ1) is 21.2. The van der Waals surface area contributed by atoms with E-state index in [4.69, 9.17) is 9.47 Å². The number of benzene rings is 2. The molecule has 0 aromatic heterocycles. The second-order valence-corrected chi connectivity index (χ2v) is 8.00. The van der Waals surface area contributed by atoms with Gasteiger partial charge in [-0.05, 0) is 36.4 Å². The highest BCUT2D eigenvalue weighted by Crippen LogP contribution is 2.30. The molecule has 8 nitrogen and oxygen atoms in total. The van der Waals surface area contributed by atoms with Gasteiger partial charge in [-0.2, -0.15) is 0 Å². The van der Waals surface area contributed by atoms with Gasteiger partial charge in [-0.1, -0.05) is 12.1 Å². The summed E-state index contributed by atoms with van der Waals surface area (Å²) in [6.07, 6.45) is 0. The molecule has 0 unspecified atom stereocenters. The third kappa shape index (κ3) is 4.61. The number of esters is 1. The second kappa shape index (κ2) is 8.75. The van der Waals surface area contributed by atoms with Gasteiger partial charge in [0.1, 0.15) is 5.75 Å². The standard InChI is InChI=1S/C19H22N2O6S/c1-20(2)18(22)13-27-19(23)14-9-11-15(12-10-14)28(24,25)21(3)16-7-5-6-8-17(16)26-4/h5-12H,13H2,1-4H3. The molecule has 0 aliphatic rings. The fraction of sp³-hybridized carbons (Fsp3) is 0.263. The van der Waals surface area contributed by atoms with Crippen molar-refractivity contribution >= 4 is 27.6 Å². The van der Waals surface area contributed by atoms with Crippen molar-refractivity contribution in [1.29, 1.82) is 0 Å². The van der Waals surface area contributed by atoms with Crippen LogP contribution in [0.15, 0.2) is 53.4 Å². The lowest BCUT2D eigenvalue weighted by Crippen LogP contribution is -2.28. The Hall–Kier alpha value is -3.07. The number of hydrogen-bond acceptors (Lipinski definition) is 6. The summed E-state index contributed by atoms with van der Waals surface area (Å²) in [6.45, 7) is -0.386. The van der Waals surface area contributed by atoms with Crippen molar-refractivity contribution in [2.45, 2.75) is 4.90 Å². The van der Waals surface area contributed by atoms with Crippen molar-refractivity contribution in [2.75, 3.05) is 39.2 Å². The Morgan fingerprint density at radius 1 is 0.964 bits per heavy atom. The van der Waals surface area contributed by atoms with Crippen LogP contribution in [0.25, 0.3) is 0 Å². The van der Waals surface area contributed by atoms with Gasteiger partial charge < -0.3 is 14.4 Å². The Balaban J connectivity index is 2.19. The molecule has 9 heteroatoms. The molecule has 0 aliphatic carbocycles. The summed E-state index contributed by atoms with van der Waals surface area (Å²) < 4.78 is 37.0. The number of sulfonamides is 1. The molecule has 0 saturated heterocycles. The molecule has 1 amide bonds. The van der Waals surface area contributed by atoms with Crippen LogP contribution >= 0.6 is 0 Å². The zero-order chi connectivity index (χ0) is 20.9. The van der Waals surface area contributed by atoms with Crippen LogP contribution in [-0.4, -0.2) is 60.1 Å². The molecule has 2 aromatic rings. The minimum absolute atomic E-state index is 0.00169. The summed E-state index contributed by atoms with van der Waals surface area (Å²) in [7, 11) is 2.11. The molecule has 0 atom stereocenters. The average molecular weight is 406 g/mol. The van der Waals surface area contributed by atoms with Crippen LogP contribution in [0.3, 0.4) is 0 Å². The maximum atomic E-state index is 12.9. The van der Waals surface area contributed by atoms with Gasteiger partial charge in [0, 0.05) is 21.1 Å². The molecule has 0 aliphatic heterocycles. The molecule has 28 heavy (non-hydrogen) atoms.